The van der Waals surface area contributed by atoms with Crippen molar-refractivity contribution in [3.8, 4) is 0 Å². The molecule has 0 bridgehead atoms. The summed E-state index contributed by atoms with van der Waals surface area (Å²) in [6.45, 7) is 5.42. The van der Waals surface area contributed by atoms with Gasteiger partial charge in [0.2, 0.25) is 0 Å². The van der Waals surface area contributed by atoms with Gasteiger partial charge in [0.25, 0.3) is 0 Å². The lowest BCUT2D eigenvalue weighted by molar-refractivity contribution is 0.116. The summed E-state index contributed by atoms with van der Waals surface area (Å²) < 4.78 is 0. The van der Waals surface area contributed by atoms with Gasteiger partial charge in [0.05, 0.1) is 5.71 Å². The van der Waals surface area contributed by atoms with Gasteiger partial charge in [-0.3, -0.25) is 0 Å². The average Bonchev–Trinajstić information content (AvgIpc) is 2.36. The van der Waals surface area contributed by atoms with Crippen LogP contribution in [0.2, 0.25) is 0 Å². The maximum Gasteiger partial charge on any atom is 0.125 e. The highest BCUT2D eigenvalue weighted by Gasteiger charge is 2.42. The molecule has 0 radical (unpaired) electrons. The number of oxime groups is 1. The number of fused-ring (bicyclic) bond motifs is 1. The Balaban J connectivity index is 2.27. The van der Waals surface area contributed by atoms with Gasteiger partial charge in [-0.05, 0) is 18.3 Å². The van der Waals surface area contributed by atoms with Gasteiger partial charge in [-0.1, -0.05) is 19.0 Å². The zero-order valence-electron chi connectivity index (χ0n) is 6.55. The van der Waals surface area contributed by atoms with E-state index in [0.29, 0.717) is 11.3 Å². The van der Waals surface area contributed by atoms with Crippen LogP contribution < -0.4 is 0 Å². The van der Waals surface area contributed by atoms with Crippen LogP contribution in [0, 0.1) is 11.3 Å². The minimum atomic E-state index is 0.440. The lowest BCUT2D eigenvalue weighted by atomic mass is 9.82. The van der Waals surface area contributed by atoms with Crippen LogP contribution in [0.25, 0.3) is 0 Å². The molecule has 1 heterocycles. The monoisotopic (exact) mass is 139 g/mol. The Kier molecular flexibility index (Phi) is 1.08. The first-order valence-corrected chi connectivity index (χ1v) is 3.89. The molecule has 0 N–H and O–H groups in total. The van der Waals surface area contributed by atoms with E-state index in [1.54, 1.807) is 0 Å². The van der Waals surface area contributed by atoms with Crippen LogP contribution >= 0.6 is 0 Å². The highest BCUT2D eigenvalue weighted by Crippen LogP contribution is 2.43. The Morgan fingerprint density at radius 3 is 3.10 bits per heavy atom. The van der Waals surface area contributed by atoms with Crippen molar-refractivity contribution in [2.45, 2.75) is 26.7 Å². The standard InChI is InChI=1S/C8H13NO/c1-8(2)4-3-7-6(8)5-10-9-7/h6H,3-5H2,1-2H3. The van der Waals surface area contributed by atoms with E-state index < -0.39 is 0 Å². The molecule has 1 saturated carbocycles. The van der Waals surface area contributed by atoms with Gasteiger partial charge in [0.15, 0.2) is 0 Å². The summed E-state index contributed by atoms with van der Waals surface area (Å²) in [5.74, 6) is 0.618. The smallest absolute Gasteiger partial charge is 0.125 e. The summed E-state index contributed by atoms with van der Waals surface area (Å²) in [5, 5.41) is 4.01. The molecule has 1 atom stereocenters. The van der Waals surface area contributed by atoms with Gasteiger partial charge in [-0.25, -0.2) is 0 Å². The lowest BCUT2D eigenvalue weighted by Gasteiger charge is -2.21. The van der Waals surface area contributed by atoms with Crippen molar-refractivity contribution in [1.82, 2.24) is 0 Å². The van der Waals surface area contributed by atoms with Crippen molar-refractivity contribution in [3.63, 3.8) is 0 Å². The van der Waals surface area contributed by atoms with Gasteiger partial charge in [0, 0.05) is 5.92 Å². The molecule has 1 aliphatic heterocycles. The van der Waals surface area contributed by atoms with Gasteiger partial charge in [0.1, 0.15) is 6.61 Å². The molecule has 2 rings (SSSR count). The van der Waals surface area contributed by atoms with Gasteiger partial charge >= 0.3 is 0 Å². The third-order valence-electron chi connectivity index (χ3n) is 2.79. The summed E-state index contributed by atoms with van der Waals surface area (Å²) in [6.07, 6.45) is 2.43. The van der Waals surface area contributed by atoms with Crippen LogP contribution in [0.4, 0.5) is 0 Å². The van der Waals surface area contributed by atoms with Crippen LogP contribution in [0.15, 0.2) is 5.16 Å². The second-order valence-corrected chi connectivity index (χ2v) is 3.92. The first-order valence-electron chi connectivity index (χ1n) is 3.89. The first kappa shape index (κ1) is 6.20. The fraction of sp³-hybridized carbons (Fsp3) is 0.875. The topological polar surface area (TPSA) is 21.6 Å². The molecule has 0 aromatic heterocycles. The maximum atomic E-state index is 5.04. The summed E-state index contributed by atoms with van der Waals surface area (Å²) >= 11 is 0. The number of hydrogen-bond donors (Lipinski definition) is 0. The molecule has 2 heteroatoms. The van der Waals surface area contributed by atoms with Crippen LogP contribution in [-0.4, -0.2) is 12.3 Å². The molecule has 0 aromatic rings. The summed E-state index contributed by atoms with van der Waals surface area (Å²) in [7, 11) is 0. The van der Waals surface area contributed by atoms with Crippen molar-refractivity contribution in [2.75, 3.05) is 6.61 Å². The third-order valence-corrected chi connectivity index (χ3v) is 2.79. The normalized spacial score (nSPS) is 35.0. The molecule has 1 unspecified atom stereocenters. The van der Waals surface area contributed by atoms with Gasteiger partial charge < -0.3 is 4.84 Å². The minimum Gasteiger partial charge on any atom is -0.395 e. The van der Waals surface area contributed by atoms with Crippen molar-refractivity contribution in [2.24, 2.45) is 16.5 Å². The van der Waals surface area contributed by atoms with E-state index in [4.69, 9.17) is 4.84 Å². The second-order valence-electron chi connectivity index (χ2n) is 3.92. The fourth-order valence-corrected chi connectivity index (χ4v) is 1.88. The van der Waals surface area contributed by atoms with E-state index in [0.717, 1.165) is 13.0 Å². The molecule has 1 aliphatic carbocycles. The molecule has 0 saturated heterocycles. The number of nitrogens with zero attached hydrogens (tertiary/aromatic N) is 1. The number of rotatable bonds is 0. The van der Waals surface area contributed by atoms with E-state index in [2.05, 4.69) is 19.0 Å². The van der Waals surface area contributed by atoms with E-state index in [1.165, 1.54) is 12.1 Å². The Morgan fingerprint density at radius 1 is 1.60 bits per heavy atom. The molecule has 2 aliphatic rings. The Labute approximate surface area is 61.2 Å². The van der Waals surface area contributed by atoms with Gasteiger partial charge in [-0.2, -0.15) is 0 Å². The molecule has 0 aromatic carbocycles. The van der Waals surface area contributed by atoms with Gasteiger partial charge in [-0.15, -0.1) is 0 Å². The Bertz CT molecular complexity index is 184. The molecular weight excluding hydrogens is 126 g/mol. The predicted molar refractivity (Wildman–Crippen MR) is 39.9 cm³/mol. The highest BCUT2D eigenvalue weighted by atomic mass is 16.6. The summed E-state index contributed by atoms with van der Waals surface area (Å²) in [4.78, 5) is 5.04. The van der Waals surface area contributed by atoms with Crippen LogP contribution in [0.1, 0.15) is 26.7 Å². The van der Waals surface area contributed by atoms with Crippen LogP contribution in [0.3, 0.4) is 0 Å². The molecule has 56 valence electrons. The SMILES string of the molecule is CC1(C)CCC2=NOCC21. The molecule has 10 heavy (non-hydrogen) atoms. The van der Waals surface area contributed by atoms with E-state index in [9.17, 15) is 0 Å². The molecule has 1 fully saturated rings. The summed E-state index contributed by atoms with van der Waals surface area (Å²) in [6, 6.07) is 0. The zero-order valence-corrected chi connectivity index (χ0v) is 6.55. The van der Waals surface area contributed by atoms with Crippen LogP contribution in [-0.2, 0) is 4.84 Å². The minimum absolute atomic E-state index is 0.440. The highest BCUT2D eigenvalue weighted by molar-refractivity contribution is 5.90. The van der Waals surface area contributed by atoms with Crippen molar-refractivity contribution in [3.05, 3.63) is 0 Å². The Morgan fingerprint density at radius 2 is 2.40 bits per heavy atom. The quantitative estimate of drug-likeness (QED) is 0.501. The molecular formula is C8H13NO. The fourth-order valence-electron chi connectivity index (χ4n) is 1.88. The van der Waals surface area contributed by atoms with E-state index in [-0.39, 0.29) is 0 Å². The molecule has 0 spiro atoms. The largest absolute Gasteiger partial charge is 0.395 e. The zero-order chi connectivity index (χ0) is 7.19. The van der Waals surface area contributed by atoms with E-state index in [1.807, 2.05) is 0 Å². The van der Waals surface area contributed by atoms with Crippen LogP contribution in [0.5, 0.6) is 0 Å². The third kappa shape index (κ3) is 0.678. The molecule has 2 nitrogen and oxygen atoms in total. The summed E-state index contributed by atoms with van der Waals surface area (Å²) in [5.41, 5.74) is 1.74. The lowest BCUT2D eigenvalue weighted by Crippen LogP contribution is -2.22. The first-order chi connectivity index (χ1) is 4.70. The van der Waals surface area contributed by atoms with Crippen molar-refractivity contribution < 1.29 is 4.84 Å². The van der Waals surface area contributed by atoms with E-state index >= 15 is 0 Å². The number of hydrogen-bond acceptors (Lipinski definition) is 2. The Hall–Kier alpha value is -0.530. The van der Waals surface area contributed by atoms with Crippen molar-refractivity contribution >= 4 is 5.71 Å². The molecule has 0 amide bonds. The second kappa shape index (κ2) is 1.74. The maximum absolute atomic E-state index is 5.04. The average molecular weight is 139 g/mol. The predicted octanol–water partition coefficient (Wildman–Crippen LogP) is 1.81. The van der Waals surface area contributed by atoms with Crippen molar-refractivity contribution in [1.29, 1.82) is 0 Å².